The molecule has 1 heterocycles. The van der Waals surface area contributed by atoms with Crippen LogP contribution in [0.4, 0.5) is 0 Å². The quantitative estimate of drug-likeness (QED) is 0.180. The van der Waals surface area contributed by atoms with Gasteiger partial charge in [0, 0.05) is 10.9 Å². The summed E-state index contributed by atoms with van der Waals surface area (Å²) in [5.74, 6) is 0. The molecule has 0 spiro atoms. The van der Waals surface area contributed by atoms with Crippen LogP contribution in [0.25, 0.3) is 11.0 Å². The van der Waals surface area contributed by atoms with E-state index in [1.165, 1.54) is 34.1 Å². The van der Waals surface area contributed by atoms with Crippen molar-refractivity contribution in [3.63, 3.8) is 0 Å². The van der Waals surface area contributed by atoms with E-state index in [0.717, 1.165) is 47.5 Å². The molecule has 268 valence electrons. The lowest BCUT2D eigenvalue weighted by molar-refractivity contribution is 0.431. The number of fused-ring (bicyclic) bond motifs is 1. The standard InChI is InChI=1S/C44H69O3P/c1-18-21-32(25-35(29-45)42(9,10)11)22-19-20-23-48-46-30-36(43(12,13)14)26-33(40(3,4)5)24-31(2)37-27-34(41(6,7)8)28-38(39(37)47-48)44(15,16)17/h18,21,24-30,45H,19-20,22-23H2,1-17H3/b21-18+,31-24?,32-25+,33-26?,35-29-,36-30?. The number of aryl methyl sites for hydroxylation is 2. The molecular formula is C44H69O3P. The summed E-state index contributed by atoms with van der Waals surface area (Å²) in [6, 6.07) is 9.44. The fourth-order valence-corrected chi connectivity index (χ4v) is 6.72. The van der Waals surface area contributed by atoms with Crippen molar-refractivity contribution in [1.82, 2.24) is 0 Å². The van der Waals surface area contributed by atoms with Gasteiger partial charge in [-0.25, -0.2) is 0 Å². The van der Waals surface area contributed by atoms with Crippen LogP contribution in [0.2, 0.25) is 0 Å². The highest BCUT2D eigenvalue weighted by Crippen LogP contribution is 2.40. The van der Waals surface area contributed by atoms with Gasteiger partial charge in [-0.1, -0.05) is 140 Å². The predicted molar refractivity (Wildman–Crippen MR) is 213 cm³/mol. The summed E-state index contributed by atoms with van der Waals surface area (Å²) >= 11 is 0. The largest absolute Gasteiger partial charge is 0.515 e. The number of benzene rings is 1. The van der Waals surface area contributed by atoms with Gasteiger partial charge >= 0.3 is 0 Å². The second kappa shape index (κ2) is 15.9. The first-order valence-corrected chi connectivity index (χ1v) is 19.3. The Morgan fingerprint density at radius 1 is 0.729 bits per heavy atom. The van der Waals surface area contributed by atoms with Crippen molar-refractivity contribution in [3.05, 3.63) is 94.0 Å². The van der Waals surface area contributed by atoms with E-state index in [1.807, 2.05) is 13.2 Å². The van der Waals surface area contributed by atoms with Gasteiger partial charge in [-0.2, -0.15) is 0 Å². The second-order valence-corrected chi connectivity index (χ2v) is 20.2. The third-order valence-electron chi connectivity index (χ3n) is 8.88. The van der Waals surface area contributed by atoms with Crippen molar-refractivity contribution >= 4 is 19.0 Å². The van der Waals surface area contributed by atoms with Crippen molar-refractivity contribution in [1.29, 1.82) is 0 Å². The maximum Gasteiger partial charge on any atom is 0.215 e. The fraction of sp³-hybridized carbons (Fsp3) is 0.591. The second-order valence-electron chi connectivity index (χ2n) is 18.7. The van der Waals surface area contributed by atoms with Gasteiger partial charge in [-0.15, -0.1) is 0 Å². The molecule has 0 aliphatic heterocycles. The van der Waals surface area contributed by atoms with Crippen LogP contribution in [0.15, 0.2) is 74.6 Å². The van der Waals surface area contributed by atoms with Crippen LogP contribution in [0.3, 0.4) is 0 Å². The maximum atomic E-state index is 9.94. The summed E-state index contributed by atoms with van der Waals surface area (Å²) in [6.45, 7) is 38.0. The van der Waals surface area contributed by atoms with E-state index in [4.69, 9.17) is 8.39 Å². The van der Waals surface area contributed by atoms with E-state index in [1.54, 1.807) is 0 Å². The molecule has 0 fully saturated rings. The number of aliphatic hydroxyl groups excluding tert-OH is 1. The molecule has 1 unspecified atom stereocenters. The molecule has 0 aliphatic carbocycles. The topological polar surface area (TPSA) is 46.5 Å². The van der Waals surface area contributed by atoms with Gasteiger partial charge in [0.25, 0.3) is 0 Å². The lowest BCUT2D eigenvalue weighted by Gasteiger charge is -2.26. The third kappa shape index (κ3) is 12.0. The SMILES string of the molecule is C/C=C/C(=C\C(=C\O)C(C)(C)C)CCCCp1occ(C(C)(C)C)cc(C(C)(C)C)cc(C)c2cc(C(C)(C)C)cc(C(C)(C)C)c2o1. The summed E-state index contributed by atoms with van der Waals surface area (Å²) in [4.78, 5) is 0. The highest BCUT2D eigenvalue weighted by Gasteiger charge is 2.25. The number of aliphatic hydroxyl groups is 1. The number of hydrogen-bond acceptors (Lipinski definition) is 3. The molecule has 0 saturated carbocycles. The molecule has 0 radical (unpaired) electrons. The molecule has 0 saturated heterocycles. The minimum absolute atomic E-state index is 0.0113. The Labute approximate surface area is 295 Å². The van der Waals surface area contributed by atoms with E-state index in [2.05, 4.69) is 153 Å². The maximum absolute atomic E-state index is 9.94. The first kappa shape index (κ1) is 41.5. The van der Waals surface area contributed by atoms with Crippen LogP contribution in [0.5, 0.6) is 0 Å². The molecule has 0 amide bonds. The lowest BCUT2D eigenvalue weighted by atomic mass is 9.79. The van der Waals surface area contributed by atoms with Crippen molar-refractivity contribution in [3.8, 4) is 0 Å². The van der Waals surface area contributed by atoms with Crippen LogP contribution in [0.1, 0.15) is 158 Å². The van der Waals surface area contributed by atoms with Crippen LogP contribution < -0.4 is 0 Å². The number of allylic oxidation sites excluding steroid dienone is 5. The third-order valence-corrected chi connectivity index (χ3v) is 10.3. The van der Waals surface area contributed by atoms with E-state index in [0.29, 0.717) is 0 Å². The zero-order chi connectivity index (χ0) is 36.9. The van der Waals surface area contributed by atoms with Gasteiger partial charge in [0.15, 0.2) is 0 Å². The smallest absolute Gasteiger partial charge is 0.215 e. The fourth-order valence-electron chi connectivity index (χ4n) is 5.36. The molecule has 1 aromatic carbocycles. The van der Waals surface area contributed by atoms with E-state index >= 15 is 0 Å². The van der Waals surface area contributed by atoms with E-state index in [-0.39, 0.29) is 27.1 Å². The van der Waals surface area contributed by atoms with Crippen molar-refractivity contribution in [2.24, 2.45) is 5.41 Å². The van der Waals surface area contributed by atoms with Gasteiger partial charge < -0.3 is 13.5 Å². The Hall–Kier alpha value is -2.64. The highest BCUT2D eigenvalue weighted by atomic mass is 31.1. The minimum Gasteiger partial charge on any atom is -0.515 e. The Balaban J connectivity index is 2.96. The first-order valence-electron chi connectivity index (χ1n) is 17.9. The molecule has 0 bridgehead atoms. The normalized spacial score (nSPS) is 14.5. The van der Waals surface area contributed by atoms with Gasteiger partial charge in [-0.05, 0) is 99.7 Å². The van der Waals surface area contributed by atoms with E-state index < -0.39 is 8.01 Å². The minimum atomic E-state index is -1.28. The summed E-state index contributed by atoms with van der Waals surface area (Å²) in [5.41, 5.74) is 8.85. The predicted octanol–water partition coefficient (Wildman–Crippen LogP) is 14.9. The first-order chi connectivity index (χ1) is 21.8. The summed E-state index contributed by atoms with van der Waals surface area (Å²) in [6.07, 6.45) is 13.3. The molecule has 4 heteroatoms. The number of hydrogen-bond donors (Lipinski definition) is 1. The van der Waals surface area contributed by atoms with Crippen molar-refractivity contribution in [2.75, 3.05) is 0 Å². The average molecular weight is 677 g/mol. The van der Waals surface area contributed by atoms with Gasteiger partial charge in [0.2, 0.25) is 8.01 Å². The molecule has 2 rings (SSSR count). The summed E-state index contributed by atoms with van der Waals surface area (Å²) < 4.78 is 13.9. The zero-order valence-corrected chi connectivity index (χ0v) is 34.6. The number of rotatable bonds is 7. The zero-order valence-electron chi connectivity index (χ0n) is 33.7. The molecule has 2 aromatic rings. The number of unbranched alkanes of at least 4 members (excludes halogenated alkanes) is 1. The van der Waals surface area contributed by atoms with E-state index in [9.17, 15) is 5.11 Å². The van der Waals surface area contributed by atoms with Gasteiger partial charge in [0.05, 0.1) is 12.4 Å². The Bertz CT molecular complexity index is 1590. The van der Waals surface area contributed by atoms with Crippen LogP contribution >= 0.6 is 8.01 Å². The van der Waals surface area contributed by atoms with Crippen LogP contribution in [-0.4, -0.2) is 5.11 Å². The molecule has 1 aromatic heterocycles. The monoisotopic (exact) mass is 676 g/mol. The van der Waals surface area contributed by atoms with Crippen LogP contribution in [-0.2, 0) is 27.8 Å². The van der Waals surface area contributed by atoms with Crippen molar-refractivity contribution in [2.45, 2.75) is 165 Å². The van der Waals surface area contributed by atoms with Crippen molar-refractivity contribution < 1.29 is 13.5 Å². The molecule has 48 heavy (non-hydrogen) atoms. The summed E-state index contributed by atoms with van der Waals surface area (Å²) in [7, 11) is -1.28. The van der Waals surface area contributed by atoms with Gasteiger partial charge in [-0.3, -0.25) is 0 Å². The molecule has 3 nitrogen and oxygen atoms in total. The van der Waals surface area contributed by atoms with Crippen LogP contribution in [0, 0.1) is 12.3 Å². The lowest BCUT2D eigenvalue weighted by Crippen LogP contribution is -2.17. The van der Waals surface area contributed by atoms with Gasteiger partial charge in [0.1, 0.15) is 11.8 Å². The molecule has 1 N–H and O–H groups in total. The Morgan fingerprint density at radius 3 is 1.77 bits per heavy atom. The average Bonchev–Trinajstić information content (AvgIpc) is 2.94. The summed E-state index contributed by atoms with van der Waals surface area (Å²) in [5, 5.41) is 11.1. The highest BCUT2D eigenvalue weighted by molar-refractivity contribution is 7.36. The molecule has 1 atom stereocenters. The molecule has 0 aliphatic rings. The Kier molecular flexibility index (Phi) is 13.8. The Morgan fingerprint density at radius 2 is 1.29 bits per heavy atom. The molecular weight excluding hydrogens is 607 g/mol.